The minimum absolute atomic E-state index is 0.0149. The van der Waals surface area contributed by atoms with Crippen molar-refractivity contribution in [1.29, 1.82) is 0 Å². The second-order valence-corrected chi connectivity index (χ2v) is 6.77. The van der Waals surface area contributed by atoms with Gasteiger partial charge in [0.15, 0.2) is 0 Å². The molecule has 1 aromatic rings. The molecule has 1 atom stereocenters. The summed E-state index contributed by atoms with van der Waals surface area (Å²) in [6.07, 6.45) is -2.75. The molecule has 3 N–H and O–H groups in total. The lowest BCUT2D eigenvalue weighted by Crippen LogP contribution is -2.43. The van der Waals surface area contributed by atoms with Crippen molar-refractivity contribution in [1.82, 2.24) is 10.3 Å². The van der Waals surface area contributed by atoms with Crippen LogP contribution in [0.4, 0.5) is 23.8 Å². The fourth-order valence-electron chi connectivity index (χ4n) is 1.75. The van der Waals surface area contributed by atoms with Gasteiger partial charge < -0.3 is 10.4 Å². The number of rotatable bonds is 4. The van der Waals surface area contributed by atoms with Crippen molar-refractivity contribution in [3.8, 4) is 0 Å². The van der Waals surface area contributed by atoms with E-state index < -0.39 is 23.7 Å². The van der Waals surface area contributed by atoms with Crippen LogP contribution in [0.3, 0.4) is 0 Å². The number of anilines is 1. The number of thioether (sulfide) groups is 1. The first-order chi connectivity index (χ1) is 11.2. The summed E-state index contributed by atoms with van der Waals surface area (Å²) in [5, 5.41) is 14.7. The van der Waals surface area contributed by atoms with Crippen molar-refractivity contribution in [3.05, 3.63) is 22.3 Å². The summed E-state index contributed by atoms with van der Waals surface area (Å²) >= 11 is 3.97. The smallest absolute Gasteiger partial charge is 0.361 e. The van der Waals surface area contributed by atoms with Gasteiger partial charge >= 0.3 is 12.2 Å². The molecule has 1 aromatic heterocycles. The number of carbonyl (C=O) groups excluding carboxylic acids is 1. The fourth-order valence-corrected chi connectivity index (χ4v) is 3.40. The SMILES string of the molecule is CCCNC(=O)Nc1cc(C2=NC(O)(C(F)(F)F)CS2)c(Br)cn1. The van der Waals surface area contributed by atoms with Gasteiger partial charge in [0.2, 0.25) is 0 Å². The largest absolute Gasteiger partial charge is 0.439 e. The summed E-state index contributed by atoms with van der Waals surface area (Å²) < 4.78 is 38.9. The van der Waals surface area contributed by atoms with Crippen molar-refractivity contribution >= 4 is 44.6 Å². The first kappa shape index (κ1) is 19.0. The first-order valence-electron chi connectivity index (χ1n) is 6.89. The molecule has 2 rings (SSSR count). The monoisotopic (exact) mass is 426 g/mol. The van der Waals surface area contributed by atoms with Gasteiger partial charge in [-0.1, -0.05) is 6.92 Å². The predicted molar refractivity (Wildman–Crippen MR) is 89.2 cm³/mol. The molecular formula is C13H14BrF3N4O2S. The van der Waals surface area contributed by atoms with Crippen molar-refractivity contribution in [2.75, 3.05) is 17.6 Å². The Bertz CT molecular complexity index is 671. The van der Waals surface area contributed by atoms with Crippen LogP contribution < -0.4 is 10.6 Å². The van der Waals surface area contributed by atoms with Gasteiger partial charge in [0.05, 0.1) is 5.75 Å². The Balaban J connectivity index is 2.24. The average Bonchev–Trinajstić information content (AvgIpc) is 2.90. The van der Waals surface area contributed by atoms with Gasteiger partial charge in [0.1, 0.15) is 10.9 Å². The number of alkyl halides is 3. The summed E-state index contributed by atoms with van der Waals surface area (Å²) in [5.41, 5.74) is -2.80. The molecule has 11 heteroatoms. The summed E-state index contributed by atoms with van der Waals surface area (Å²) in [6.45, 7) is 2.38. The molecular weight excluding hydrogens is 413 g/mol. The van der Waals surface area contributed by atoms with Crippen molar-refractivity contribution in [3.63, 3.8) is 0 Å². The highest BCUT2D eigenvalue weighted by Gasteiger charge is 2.57. The standard InChI is InChI=1S/C13H14BrF3N4O2S/c1-2-3-18-11(22)20-9-4-7(8(14)5-19-9)10-21-12(23,6-24-10)13(15,16)17/h4-5,23H,2-3,6H2,1H3,(H2,18,19,20,22). The van der Waals surface area contributed by atoms with E-state index in [2.05, 4.69) is 36.5 Å². The number of halogens is 4. The van der Waals surface area contributed by atoms with E-state index >= 15 is 0 Å². The van der Waals surface area contributed by atoms with Gasteiger partial charge in [0, 0.05) is 22.8 Å². The van der Waals surface area contributed by atoms with Crippen molar-refractivity contribution in [2.45, 2.75) is 25.2 Å². The van der Waals surface area contributed by atoms with Gasteiger partial charge in [-0.15, -0.1) is 11.8 Å². The quantitative estimate of drug-likeness (QED) is 0.690. The van der Waals surface area contributed by atoms with Gasteiger partial charge in [-0.05, 0) is 28.4 Å². The highest BCUT2D eigenvalue weighted by Crippen LogP contribution is 2.41. The lowest BCUT2D eigenvalue weighted by Gasteiger charge is -2.21. The average molecular weight is 427 g/mol. The Labute approximate surface area is 148 Å². The maximum Gasteiger partial charge on any atom is 0.439 e. The Hall–Kier alpha value is -1.33. The molecule has 0 bridgehead atoms. The van der Waals surface area contributed by atoms with Crippen LogP contribution in [0.1, 0.15) is 18.9 Å². The molecule has 2 heterocycles. The van der Waals surface area contributed by atoms with Gasteiger partial charge in [-0.3, -0.25) is 5.32 Å². The zero-order chi connectivity index (χ0) is 18.0. The van der Waals surface area contributed by atoms with Gasteiger partial charge in [-0.25, -0.2) is 14.8 Å². The third-order valence-electron chi connectivity index (χ3n) is 3.01. The molecule has 0 aliphatic carbocycles. The lowest BCUT2D eigenvalue weighted by atomic mass is 10.2. The van der Waals surface area contributed by atoms with E-state index in [4.69, 9.17) is 0 Å². The summed E-state index contributed by atoms with van der Waals surface area (Å²) in [7, 11) is 0. The number of urea groups is 1. The Morgan fingerprint density at radius 3 is 2.83 bits per heavy atom. The van der Waals surface area contributed by atoms with Crippen LogP contribution in [0.15, 0.2) is 21.7 Å². The van der Waals surface area contributed by atoms with Crippen LogP contribution in [-0.4, -0.2) is 45.4 Å². The highest BCUT2D eigenvalue weighted by molar-refractivity contribution is 9.10. The summed E-state index contributed by atoms with van der Waals surface area (Å²) in [4.78, 5) is 19.0. The van der Waals surface area contributed by atoms with Gasteiger partial charge in [-0.2, -0.15) is 13.2 Å². The normalized spacial score (nSPS) is 20.7. The third kappa shape index (κ3) is 4.19. The number of aliphatic imine (C=N–C) groups is 1. The lowest BCUT2D eigenvalue weighted by molar-refractivity contribution is -0.245. The van der Waals surface area contributed by atoms with E-state index in [-0.39, 0.29) is 10.9 Å². The maximum absolute atomic E-state index is 12.8. The Morgan fingerprint density at radius 2 is 2.25 bits per heavy atom. The zero-order valence-corrected chi connectivity index (χ0v) is 14.8. The van der Waals surface area contributed by atoms with E-state index in [1.807, 2.05) is 6.92 Å². The molecule has 24 heavy (non-hydrogen) atoms. The van der Waals surface area contributed by atoms with E-state index in [0.29, 0.717) is 16.6 Å². The minimum atomic E-state index is -4.86. The van der Waals surface area contributed by atoms with Crippen LogP contribution in [0, 0.1) is 0 Å². The molecule has 0 saturated carbocycles. The number of nitrogens with zero attached hydrogens (tertiary/aromatic N) is 2. The highest BCUT2D eigenvalue weighted by atomic mass is 79.9. The van der Waals surface area contributed by atoms with Crippen LogP contribution in [0.2, 0.25) is 0 Å². The number of amides is 2. The molecule has 0 fully saturated rings. The number of hydrogen-bond donors (Lipinski definition) is 3. The van der Waals surface area contributed by atoms with E-state index in [1.54, 1.807) is 0 Å². The molecule has 0 spiro atoms. The molecule has 0 saturated heterocycles. The molecule has 1 unspecified atom stereocenters. The number of aliphatic hydroxyl groups is 1. The third-order valence-corrected chi connectivity index (χ3v) is 4.78. The predicted octanol–water partition coefficient (Wildman–Crippen LogP) is 3.12. The van der Waals surface area contributed by atoms with Crippen LogP contribution in [0.25, 0.3) is 0 Å². The second-order valence-electron chi connectivity index (χ2n) is 4.95. The molecule has 132 valence electrons. The molecule has 0 aromatic carbocycles. The molecule has 1 aliphatic rings. The van der Waals surface area contributed by atoms with Crippen LogP contribution in [0.5, 0.6) is 0 Å². The number of aromatic nitrogens is 1. The van der Waals surface area contributed by atoms with Crippen LogP contribution >= 0.6 is 27.7 Å². The second kappa shape index (κ2) is 7.28. The number of pyridine rings is 1. The Kier molecular flexibility index (Phi) is 5.76. The van der Waals surface area contributed by atoms with E-state index in [0.717, 1.165) is 18.2 Å². The maximum atomic E-state index is 12.8. The minimum Gasteiger partial charge on any atom is -0.361 e. The number of nitrogens with one attached hydrogen (secondary N) is 2. The van der Waals surface area contributed by atoms with E-state index in [1.165, 1.54) is 12.3 Å². The first-order valence-corrected chi connectivity index (χ1v) is 8.66. The van der Waals surface area contributed by atoms with Crippen molar-refractivity contribution < 1.29 is 23.1 Å². The van der Waals surface area contributed by atoms with Gasteiger partial charge in [0.25, 0.3) is 5.72 Å². The molecule has 6 nitrogen and oxygen atoms in total. The van der Waals surface area contributed by atoms with Crippen molar-refractivity contribution in [2.24, 2.45) is 4.99 Å². The van der Waals surface area contributed by atoms with E-state index in [9.17, 15) is 23.1 Å². The summed E-state index contributed by atoms with van der Waals surface area (Å²) in [5.74, 6) is -0.465. The fraction of sp³-hybridized carbons (Fsp3) is 0.462. The molecule has 1 aliphatic heterocycles. The number of carbonyl (C=O) groups is 1. The number of hydrogen-bond acceptors (Lipinski definition) is 5. The summed E-state index contributed by atoms with van der Waals surface area (Å²) in [6, 6.07) is 0.925. The molecule has 0 radical (unpaired) electrons. The topological polar surface area (TPSA) is 86.6 Å². The molecule has 2 amide bonds. The Morgan fingerprint density at radius 1 is 1.54 bits per heavy atom. The van der Waals surface area contributed by atoms with Crippen LogP contribution in [-0.2, 0) is 0 Å². The zero-order valence-electron chi connectivity index (χ0n) is 12.4.